The normalized spacial score (nSPS) is 19.2. The van der Waals surface area contributed by atoms with Crippen molar-refractivity contribution in [1.82, 2.24) is 15.5 Å². The fraction of sp³-hybridized carbons (Fsp3) is 0.529. The van der Waals surface area contributed by atoms with Crippen molar-refractivity contribution in [1.29, 1.82) is 0 Å². The highest BCUT2D eigenvalue weighted by Gasteiger charge is 2.26. The van der Waals surface area contributed by atoms with E-state index in [1.807, 2.05) is 0 Å². The average molecular weight is 285 g/mol. The van der Waals surface area contributed by atoms with E-state index in [4.69, 9.17) is 4.52 Å². The summed E-state index contributed by atoms with van der Waals surface area (Å²) < 4.78 is 5.47. The Kier molecular flexibility index (Phi) is 4.34. The number of nitrogens with zero attached hydrogens (tertiary/aromatic N) is 2. The van der Waals surface area contributed by atoms with Gasteiger partial charge in [0.1, 0.15) is 0 Å². The van der Waals surface area contributed by atoms with Crippen LogP contribution in [0.25, 0.3) is 0 Å². The lowest BCUT2D eigenvalue weighted by atomic mass is 9.82. The molecule has 0 saturated heterocycles. The van der Waals surface area contributed by atoms with Crippen LogP contribution in [-0.4, -0.2) is 16.7 Å². The van der Waals surface area contributed by atoms with Crippen LogP contribution in [0.1, 0.15) is 67.9 Å². The molecule has 4 nitrogen and oxygen atoms in total. The topological polar surface area (TPSA) is 51.0 Å². The van der Waals surface area contributed by atoms with Crippen molar-refractivity contribution in [3.05, 3.63) is 47.1 Å². The second-order valence-corrected chi connectivity index (χ2v) is 5.81. The first-order valence-electron chi connectivity index (χ1n) is 7.94. The van der Waals surface area contributed by atoms with E-state index in [1.165, 1.54) is 17.5 Å². The maximum Gasteiger partial charge on any atom is 0.243 e. The summed E-state index contributed by atoms with van der Waals surface area (Å²) in [7, 11) is 0. The summed E-state index contributed by atoms with van der Waals surface area (Å²) in [6.45, 7) is 5.19. The molecule has 1 aromatic heterocycles. The quantitative estimate of drug-likeness (QED) is 0.912. The molecule has 0 radical (unpaired) electrons. The van der Waals surface area contributed by atoms with Gasteiger partial charge in [0.05, 0.1) is 6.04 Å². The van der Waals surface area contributed by atoms with Gasteiger partial charge in [0.2, 0.25) is 5.89 Å². The number of nitrogens with one attached hydrogen (secondary N) is 1. The van der Waals surface area contributed by atoms with E-state index in [-0.39, 0.29) is 12.0 Å². The highest BCUT2D eigenvalue weighted by molar-refractivity contribution is 5.36. The lowest BCUT2D eigenvalue weighted by molar-refractivity contribution is 0.335. The van der Waals surface area contributed by atoms with Gasteiger partial charge in [-0.3, -0.25) is 0 Å². The van der Waals surface area contributed by atoms with Gasteiger partial charge in [-0.15, -0.1) is 0 Å². The zero-order chi connectivity index (χ0) is 14.7. The molecule has 4 heteroatoms. The fourth-order valence-electron chi connectivity index (χ4n) is 3.03. The molecule has 21 heavy (non-hydrogen) atoms. The Hall–Kier alpha value is -1.68. The van der Waals surface area contributed by atoms with E-state index in [0.717, 1.165) is 31.6 Å². The molecule has 1 aliphatic carbocycles. The number of rotatable bonds is 5. The first-order valence-corrected chi connectivity index (χ1v) is 7.94. The third kappa shape index (κ3) is 3.00. The van der Waals surface area contributed by atoms with Crippen molar-refractivity contribution in [3.8, 4) is 0 Å². The molecule has 1 aromatic carbocycles. The standard InChI is InChI=1S/C17H23N3O/c1-3-11-18-12(2)17-19-16(20-21-17)15-10-6-8-13-7-4-5-9-14(13)15/h4-5,7,9,12,15,18H,3,6,8,10-11H2,1-2H3. The third-order valence-electron chi connectivity index (χ3n) is 4.21. The molecule has 1 heterocycles. The van der Waals surface area contributed by atoms with Crippen LogP contribution in [0.15, 0.2) is 28.8 Å². The minimum Gasteiger partial charge on any atom is -0.338 e. The van der Waals surface area contributed by atoms with Crippen LogP contribution in [0.3, 0.4) is 0 Å². The van der Waals surface area contributed by atoms with E-state index in [1.54, 1.807) is 0 Å². The predicted octanol–water partition coefficient (Wildman–Crippen LogP) is 3.60. The average Bonchev–Trinajstić information content (AvgIpc) is 3.02. The molecule has 0 aliphatic heterocycles. The zero-order valence-corrected chi connectivity index (χ0v) is 12.8. The van der Waals surface area contributed by atoms with E-state index in [0.29, 0.717) is 5.89 Å². The van der Waals surface area contributed by atoms with Gasteiger partial charge < -0.3 is 9.84 Å². The van der Waals surface area contributed by atoms with Gasteiger partial charge in [-0.1, -0.05) is 36.3 Å². The highest BCUT2D eigenvalue weighted by atomic mass is 16.5. The van der Waals surface area contributed by atoms with Crippen LogP contribution in [0.5, 0.6) is 0 Å². The van der Waals surface area contributed by atoms with Crippen LogP contribution in [0.2, 0.25) is 0 Å². The van der Waals surface area contributed by atoms with Crippen LogP contribution in [-0.2, 0) is 6.42 Å². The number of fused-ring (bicyclic) bond motifs is 1. The van der Waals surface area contributed by atoms with Crippen molar-refractivity contribution < 1.29 is 4.52 Å². The van der Waals surface area contributed by atoms with E-state index in [9.17, 15) is 0 Å². The van der Waals surface area contributed by atoms with Crippen LogP contribution < -0.4 is 5.32 Å². The summed E-state index contributed by atoms with van der Waals surface area (Å²) in [5.74, 6) is 1.81. The summed E-state index contributed by atoms with van der Waals surface area (Å²) in [6.07, 6.45) is 4.55. The van der Waals surface area contributed by atoms with E-state index < -0.39 is 0 Å². The first kappa shape index (κ1) is 14.3. The van der Waals surface area contributed by atoms with Crippen molar-refractivity contribution >= 4 is 0 Å². The summed E-state index contributed by atoms with van der Waals surface area (Å²) >= 11 is 0. The molecule has 2 atom stereocenters. The number of hydrogen-bond acceptors (Lipinski definition) is 4. The molecule has 0 bridgehead atoms. The third-order valence-corrected chi connectivity index (χ3v) is 4.21. The fourth-order valence-corrected chi connectivity index (χ4v) is 3.03. The van der Waals surface area contributed by atoms with E-state index >= 15 is 0 Å². The maximum atomic E-state index is 5.47. The molecule has 0 spiro atoms. The van der Waals surface area contributed by atoms with Crippen LogP contribution in [0.4, 0.5) is 0 Å². The Bertz CT molecular complexity index is 593. The van der Waals surface area contributed by atoms with Gasteiger partial charge in [-0.05, 0) is 50.3 Å². The molecule has 0 fully saturated rings. The summed E-state index contributed by atoms with van der Waals surface area (Å²) in [5.41, 5.74) is 2.79. The molecule has 3 rings (SSSR count). The van der Waals surface area contributed by atoms with Crippen LogP contribution >= 0.6 is 0 Å². The predicted molar refractivity (Wildman–Crippen MR) is 82.2 cm³/mol. The molecule has 0 amide bonds. The largest absolute Gasteiger partial charge is 0.338 e. The second kappa shape index (κ2) is 6.39. The van der Waals surface area contributed by atoms with E-state index in [2.05, 4.69) is 53.6 Å². The summed E-state index contributed by atoms with van der Waals surface area (Å²) in [6, 6.07) is 8.75. The Morgan fingerprint density at radius 3 is 3.10 bits per heavy atom. The number of aryl methyl sites for hydroxylation is 1. The lowest BCUT2D eigenvalue weighted by Gasteiger charge is -2.22. The second-order valence-electron chi connectivity index (χ2n) is 5.81. The minimum atomic E-state index is 0.116. The van der Waals surface area contributed by atoms with Gasteiger partial charge in [-0.2, -0.15) is 4.98 Å². The molecule has 112 valence electrons. The Morgan fingerprint density at radius 1 is 1.38 bits per heavy atom. The van der Waals surface area contributed by atoms with Crippen LogP contribution in [0, 0.1) is 0 Å². The number of hydrogen-bond donors (Lipinski definition) is 1. The Balaban J connectivity index is 1.81. The molecule has 1 N–H and O–H groups in total. The molecular formula is C17H23N3O. The minimum absolute atomic E-state index is 0.116. The monoisotopic (exact) mass is 285 g/mol. The first-order chi connectivity index (χ1) is 10.3. The molecule has 2 aromatic rings. The van der Waals surface area contributed by atoms with Crippen molar-refractivity contribution in [3.63, 3.8) is 0 Å². The van der Waals surface area contributed by atoms with Gasteiger partial charge in [0.15, 0.2) is 5.82 Å². The van der Waals surface area contributed by atoms with Gasteiger partial charge in [0, 0.05) is 5.92 Å². The van der Waals surface area contributed by atoms with Crippen molar-refractivity contribution in [2.75, 3.05) is 6.54 Å². The van der Waals surface area contributed by atoms with Gasteiger partial charge in [0.25, 0.3) is 0 Å². The lowest BCUT2D eigenvalue weighted by Crippen LogP contribution is -2.19. The summed E-state index contributed by atoms with van der Waals surface area (Å²) in [4.78, 5) is 4.65. The SMILES string of the molecule is CCCNC(C)c1nc(C2CCCc3ccccc32)no1. The van der Waals surface area contributed by atoms with Crippen molar-refractivity contribution in [2.45, 2.75) is 51.5 Å². The number of benzene rings is 1. The molecule has 2 unspecified atom stereocenters. The maximum absolute atomic E-state index is 5.47. The molecular weight excluding hydrogens is 262 g/mol. The number of aromatic nitrogens is 2. The molecule has 1 aliphatic rings. The van der Waals surface area contributed by atoms with Crippen molar-refractivity contribution in [2.24, 2.45) is 0 Å². The van der Waals surface area contributed by atoms with Gasteiger partial charge >= 0.3 is 0 Å². The summed E-state index contributed by atoms with van der Waals surface area (Å²) in [5, 5.41) is 7.63. The zero-order valence-electron chi connectivity index (χ0n) is 12.8. The Morgan fingerprint density at radius 2 is 2.24 bits per heavy atom. The smallest absolute Gasteiger partial charge is 0.243 e. The van der Waals surface area contributed by atoms with Gasteiger partial charge in [-0.25, -0.2) is 0 Å². The molecule has 0 saturated carbocycles. The Labute approximate surface area is 126 Å². The highest BCUT2D eigenvalue weighted by Crippen LogP contribution is 2.35.